The number of para-hydroxylation sites is 1. The number of amides is 1. The molecule has 0 radical (unpaired) electrons. The average Bonchev–Trinajstić information content (AvgIpc) is 2.39. The molecule has 0 saturated carbocycles. The van der Waals surface area contributed by atoms with Crippen LogP contribution in [0.2, 0.25) is 0 Å². The molecule has 0 spiro atoms. The van der Waals surface area contributed by atoms with Crippen molar-refractivity contribution in [3.8, 4) is 0 Å². The van der Waals surface area contributed by atoms with Gasteiger partial charge in [0.1, 0.15) is 13.2 Å². The quantitative estimate of drug-likeness (QED) is 0.720. The van der Waals surface area contributed by atoms with Crippen molar-refractivity contribution < 1.29 is 29.0 Å². The van der Waals surface area contributed by atoms with Gasteiger partial charge in [-0.2, -0.15) is 0 Å². The fourth-order valence-corrected chi connectivity index (χ4v) is 1.40. The Labute approximate surface area is 115 Å². The third-order valence-electron chi connectivity index (χ3n) is 2.16. The number of rotatable bonds is 7. The van der Waals surface area contributed by atoms with Gasteiger partial charge in [-0.3, -0.25) is 4.79 Å². The molecule has 108 valence electrons. The lowest BCUT2D eigenvalue weighted by Crippen LogP contribution is -2.22. The summed E-state index contributed by atoms with van der Waals surface area (Å²) in [4.78, 5) is 33.4. The predicted molar refractivity (Wildman–Crippen MR) is 69.5 cm³/mol. The van der Waals surface area contributed by atoms with E-state index in [0.29, 0.717) is 0 Å². The van der Waals surface area contributed by atoms with Gasteiger partial charge in [-0.05, 0) is 19.1 Å². The molecule has 0 atom stereocenters. The summed E-state index contributed by atoms with van der Waals surface area (Å²) in [6.07, 6.45) is 0. The summed E-state index contributed by atoms with van der Waals surface area (Å²) in [7, 11) is 0. The summed E-state index contributed by atoms with van der Waals surface area (Å²) in [5, 5.41) is 10.8. The number of ether oxygens (including phenoxy) is 2. The minimum Gasteiger partial charge on any atom is -0.480 e. The number of hydrogen-bond acceptors (Lipinski definition) is 5. The molecule has 1 aromatic carbocycles. The van der Waals surface area contributed by atoms with Crippen molar-refractivity contribution in [3.05, 3.63) is 29.8 Å². The lowest BCUT2D eigenvalue weighted by Gasteiger charge is -2.10. The van der Waals surface area contributed by atoms with Gasteiger partial charge in [0.05, 0.1) is 17.9 Å². The largest absolute Gasteiger partial charge is 0.480 e. The molecule has 0 heterocycles. The molecule has 7 heteroatoms. The highest BCUT2D eigenvalue weighted by atomic mass is 16.5. The molecule has 1 amide bonds. The number of benzene rings is 1. The number of hydrogen-bond donors (Lipinski definition) is 2. The van der Waals surface area contributed by atoms with Gasteiger partial charge in [0.15, 0.2) is 0 Å². The van der Waals surface area contributed by atoms with Crippen molar-refractivity contribution >= 4 is 23.5 Å². The number of carboxylic acid groups (broad SMARTS) is 1. The summed E-state index contributed by atoms with van der Waals surface area (Å²) in [6.45, 7) is 0.929. The van der Waals surface area contributed by atoms with Gasteiger partial charge in [0.25, 0.3) is 0 Å². The van der Waals surface area contributed by atoms with Crippen LogP contribution in [0.4, 0.5) is 5.69 Å². The SMILES string of the molecule is CCOC(=O)c1ccccc1NC(=O)COCC(=O)O. The zero-order valence-corrected chi connectivity index (χ0v) is 10.9. The number of nitrogens with one attached hydrogen (secondary N) is 1. The number of aliphatic carboxylic acids is 1. The first-order chi connectivity index (χ1) is 9.54. The van der Waals surface area contributed by atoms with Gasteiger partial charge in [0, 0.05) is 0 Å². The van der Waals surface area contributed by atoms with Crippen molar-refractivity contribution in [2.75, 3.05) is 25.1 Å². The number of carbonyl (C=O) groups excluding carboxylic acids is 2. The van der Waals surface area contributed by atoms with E-state index in [0.717, 1.165) is 0 Å². The van der Waals surface area contributed by atoms with E-state index in [-0.39, 0.29) is 17.9 Å². The molecule has 0 aromatic heterocycles. The van der Waals surface area contributed by atoms with Crippen LogP contribution in [0.1, 0.15) is 17.3 Å². The lowest BCUT2D eigenvalue weighted by molar-refractivity contribution is -0.143. The fraction of sp³-hybridized carbons (Fsp3) is 0.308. The van der Waals surface area contributed by atoms with E-state index in [1.54, 1.807) is 25.1 Å². The minimum atomic E-state index is -1.16. The van der Waals surface area contributed by atoms with Crippen LogP contribution in [0.5, 0.6) is 0 Å². The van der Waals surface area contributed by atoms with Crippen molar-refractivity contribution in [1.82, 2.24) is 0 Å². The van der Waals surface area contributed by atoms with Crippen LogP contribution in [0.3, 0.4) is 0 Å². The average molecular weight is 281 g/mol. The molecule has 20 heavy (non-hydrogen) atoms. The Hall–Kier alpha value is -2.41. The maximum absolute atomic E-state index is 11.7. The molecular weight excluding hydrogens is 266 g/mol. The summed E-state index contributed by atoms with van der Waals surface area (Å²) in [6, 6.07) is 6.35. The van der Waals surface area contributed by atoms with E-state index in [1.165, 1.54) is 6.07 Å². The van der Waals surface area contributed by atoms with Crippen molar-refractivity contribution in [2.45, 2.75) is 6.92 Å². The molecule has 1 aromatic rings. The maximum atomic E-state index is 11.7. The Bertz CT molecular complexity index is 499. The molecule has 1 rings (SSSR count). The summed E-state index contributed by atoms with van der Waals surface area (Å²) in [5.74, 6) is -2.26. The summed E-state index contributed by atoms with van der Waals surface area (Å²) in [5.41, 5.74) is 0.510. The standard InChI is InChI=1S/C13H15NO6/c1-2-20-13(18)9-5-3-4-6-10(9)14-11(15)7-19-8-12(16)17/h3-6H,2,7-8H2,1H3,(H,14,15)(H,16,17). The Morgan fingerprint density at radius 3 is 2.55 bits per heavy atom. The van der Waals surface area contributed by atoms with Crippen molar-refractivity contribution in [1.29, 1.82) is 0 Å². The van der Waals surface area contributed by atoms with Crippen LogP contribution in [0, 0.1) is 0 Å². The predicted octanol–water partition coefficient (Wildman–Crippen LogP) is 0.903. The number of esters is 1. The lowest BCUT2D eigenvalue weighted by atomic mass is 10.2. The molecule has 0 aliphatic heterocycles. The second-order valence-corrected chi connectivity index (χ2v) is 3.70. The second kappa shape index (κ2) is 7.90. The van der Waals surface area contributed by atoms with E-state index in [9.17, 15) is 14.4 Å². The molecule has 0 saturated heterocycles. The van der Waals surface area contributed by atoms with E-state index >= 15 is 0 Å². The van der Waals surface area contributed by atoms with Crippen molar-refractivity contribution in [2.24, 2.45) is 0 Å². The van der Waals surface area contributed by atoms with Crippen LogP contribution in [-0.4, -0.2) is 42.8 Å². The van der Waals surface area contributed by atoms with Crippen molar-refractivity contribution in [3.63, 3.8) is 0 Å². The first-order valence-corrected chi connectivity index (χ1v) is 5.90. The number of carboxylic acids is 1. The first kappa shape index (κ1) is 15.6. The Kier molecular flexibility index (Phi) is 6.18. The van der Waals surface area contributed by atoms with E-state index in [4.69, 9.17) is 9.84 Å². The fourth-order valence-electron chi connectivity index (χ4n) is 1.40. The highest BCUT2D eigenvalue weighted by Gasteiger charge is 2.14. The van der Waals surface area contributed by atoms with Gasteiger partial charge in [-0.1, -0.05) is 12.1 Å². The second-order valence-electron chi connectivity index (χ2n) is 3.70. The van der Waals surface area contributed by atoms with E-state index in [1.807, 2.05) is 0 Å². The highest BCUT2D eigenvalue weighted by Crippen LogP contribution is 2.16. The Morgan fingerprint density at radius 2 is 1.90 bits per heavy atom. The first-order valence-electron chi connectivity index (χ1n) is 5.90. The highest BCUT2D eigenvalue weighted by molar-refractivity contribution is 6.01. The summed E-state index contributed by atoms with van der Waals surface area (Å²) >= 11 is 0. The van der Waals surface area contributed by atoms with E-state index < -0.39 is 31.1 Å². The number of anilines is 1. The normalized spacial score (nSPS) is 9.85. The Balaban J connectivity index is 2.65. The van der Waals surface area contributed by atoms with Crippen LogP contribution >= 0.6 is 0 Å². The van der Waals surface area contributed by atoms with E-state index in [2.05, 4.69) is 10.1 Å². The maximum Gasteiger partial charge on any atom is 0.340 e. The van der Waals surface area contributed by atoms with Crippen LogP contribution in [0.15, 0.2) is 24.3 Å². The third-order valence-corrected chi connectivity index (χ3v) is 2.16. The zero-order valence-electron chi connectivity index (χ0n) is 10.9. The number of carbonyl (C=O) groups is 3. The zero-order chi connectivity index (χ0) is 15.0. The molecule has 7 nitrogen and oxygen atoms in total. The van der Waals surface area contributed by atoms with Crippen LogP contribution in [0.25, 0.3) is 0 Å². The smallest absolute Gasteiger partial charge is 0.340 e. The molecular formula is C13H15NO6. The topological polar surface area (TPSA) is 102 Å². The van der Waals surface area contributed by atoms with Crippen LogP contribution in [-0.2, 0) is 19.1 Å². The summed E-state index contributed by atoms with van der Waals surface area (Å²) < 4.78 is 9.51. The van der Waals surface area contributed by atoms with Crippen LogP contribution < -0.4 is 5.32 Å². The Morgan fingerprint density at radius 1 is 1.20 bits per heavy atom. The molecule has 0 fully saturated rings. The molecule has 2 N–H and O–H groups in total. The van der Waals surface area contributed by atoms with Gasteiger partial charge in [-0.25, -0.2) is 9.59 Å². The van der Waals surface area contributed by atoms with Gasteiger partial charge in [-0.15, -0.1) is 0 Å². The van der Waals surface area contributed by atoms with Gasteiger partial charge < -0.3 is 19.9 Å². The monoisotopic (exact) mass is 281 g/mol. The van der Waals surface area contributed by atoms with Gasteiger partial charge >= 0.3 is 11.9 Å². The molecule has 0 unspecified atom stereocenters. The minimum absolute atomic E-state index is 0.223. The third kappa shape index (κ3) is 5.07. The molecule has 0 aliphatic carbocycles. The molecule has 0 aliphatic rings. The van der Waals surface area contributed by atoms with Gasteiger partial charge in [0.2, 0.25) is 5.91 Å². The molecule has 0 bridgehead atoms.